The standard InChI is InChI=1S/C18H23N5O2S/c1-6-22(7-2)17(24)14-20-15-13-11-8-18(4,5)25-9-12(11)26-16(13)19-10(3)23(15)21-14/h6-9H2,1-5H3. The molecule has 0 unspecified atom stereocenters. The fourth-order valence-electron chi connectivity index (χ4n) is 3.49. The normalized spacial score (nSPS) is 16.2. The van der Waals surface area contributed by atoms with Crippen molar-refractivity contribution >= 4 is 33.1 Å². The van der Waals surface area contributed by atoms with Gasteiger partial charge in [0, 0.05) is 24.4 Å². The lowest BCUT2D eigenvalue weighted by atomic mass is 9.94. The van der Waals surface area contributed by atoms with Crippen LogP contribution in [-0.2, 0) is 17.8 Å². The third-order valence-electron chi connectivity index (χ3n) is 4.91. The number of aromatic nitrogens is 4. The monoisotopic (exact) mass is 373 g/mol. The molecule has 26 heavy (non-hydrogen) atoms. The van der Waals surface area contributed by atoms with E-state index in [2.05, 4.69) is 23.9 Å². The first-order valence-electron chi connectivity index (χ1n) is 8.95. The third-order valence-corrected chi connectivity index (χ3v) is 6.01. The molecule has 1 aliphatic rings. The van der Waals surface area contributed by atoms with Gasteiger partial charge in [0.05, 0.1) is 17.6 Å². The predicted octanol–water partition coefficient (Wildman–Crippen LogP) is 2.98. The number of carbonyl (C=O) groups is 1. The highest BCUT2D eigenvalue weighted by atomic mass is 32.1. The van der Waals surface area contributed by atoms with Crippen LogP contribution in [0.2, 0.25) is 0 Å². The minimum absolute atomic E-state index is 0.140. The van der Waals surface area contributed by atoms with Crippen molar-refractivity contribution < 1.29 is 9.53 Å². The molecule has 8 heteroatoms. The second-order valence-corrected chi connectivity index (χ2v) is 8.30. The number of fused-ring (bicyclic) bond motifs is 5. The number of thiophene rings is 1. The van der Waals surface area contributed by atoms with Crippen molar-refractivity contribution in [3.05, 3.63) is 22.1 Å². The van der Waals surface area contributed by atoms with Gasteiger partial charge < -0.3 is 9.64 Å². The van der Waals surface area contributed by atoms with Gasteiger partial charge in [-0.3, -0.25) is 4.79 Å². The minimum Gasteiger partial charge on any atom is -0.370 e. The van der Waals surface area contributed by atoms with E-state index in [9.17, 15) is 4.79 Å². The SMILES string of the molecule is CCN(CC)C(=O)c1nc2c3c4c(sc3nc(C)n2n1)COC(C)(C)C4. The molecular formula is C18H23N5O2S. The number of ether oxygens (including phenoxy) is 1. The smallest absolute Gasteiger partial charge is 0.293 e. The van der Waals surface area contributed by atoms with E-state index in [4.69, 9.17) is 9.72 Å². The number of amides is 1. The second kappa shape index (κ2) is 5.99. The molecule has 1 amide bonds. The van der Waals surface area contributed by atoms with Crippen LogP contribution in [0.15, 0.2) is 0 Å². The van der Waals surface area contributed by atoms with E-state index in [0.29, 0.717) is 19.7 Å². The third kappa shape index (κ3) is 2.59. The zero-order valence-corrected chi connectivity index (χ0v) is 16.6. The van der Waals surface area contributed by atoms with E-state index in [1.54, 1.807) is 20.8 Å². The molecule has 0 fully saturated rings. The van der Waals surface area contributed by atoms with Crippen LogP contribution in [-0.4, -0.2) is 49.1 Å². The van der Waals surface area contributed by atoms with Crippen molar-refractivity contribution in [3.63, 3.8) is 0 Å². The van der Waals surface area contributed by atoms with Crippen molar-refractivity contribution in [2.75, 3.05) is 13.1 Å². The van der Waals surface area contributed by atoms with Gasteiger partial charge in [-0.15, -0.1) is 16.4 Å². The molecule has 0 saturated heterocycles. The Kier molecular flexibility index (Phi) is 4.00. The maximum Gasteiger partial charge on any atom is 0.293 e. The predicted molar refractivity (Wildman–Crippen MR) is 101 cm³/mol. The quantitative estimate of drug-likeness (QED) is 0.706. The summed E-state index contributed by atoms with van der Waals surface area (Å²) in [5.41, 5.74) is 1.73. The number of aryl methyl sites for hydroxylation is 1. The van der Waals surface area contributed by atoms with Gasteiger partial charge in [0.15, 0.2) is 5.65 Å². The number of hydrogen-bond acceptors (Lipinski definition) is 6. The largest absolute Gasteiger partial charge is 0.370 e. The van der Waals surface area contributed by atoms with Crippen LogP contribution in [0.4, 0.5) is 0 Å². The average Bonchev–Trinajstić information content (AvgIpc) is 3.16. The molecule has 0 bridgehead atoms. The summed E-state index contributed by atoms with van der Waals surface area (Å²) in [7, 11) is 0. The lowest BCUT2D eigenvalue weighted by molar-refractivity contribution is -0.0379. The van der Waals surface area contributed by atoms with E-state index >= 15 is 0 Å². The molecule has 0 radical (unpaired) electrons. The Labute approximate surface area is 156 Å². The summed E-state index contributed by atoms with van der Waals surface area (Å²) < 4.78 is 7.65. The van der Waals surface area contributed by atoms with Crippen LogP contribution in [0.1, 0.15) is 54.6 Å². The number of hydrogen-bond donors (Lipinski definition) is 0. The highest BCUT2D eigenvalue weighted by molar-refractivity contribution is 7.19. The molecule has 0 spiro atoms. The summed E-state index contributed by atoms with van der Waals surface area (Å²) in [5, 5.41) is 5.48. The van der Waals surface area contributed by atoms with Crippen LogP contribution in [0.3, 0.4) is 0 Å². The molecule has 0 atom stereocenters. The Morgan fingerprint density at radius 1 is 1.31 bits per heavy atom. The molecule has 4 rings (SSSR count). The van der Waals surface area contributed by atoms with Gasteiger partial charge in [-0.1, -0.05) is 0 Å². The molecule has 4 heterocycles. The summed E-state index contributed by atoms with van der Waals surface area (Å²) in [5.74, 6) is 0.828. The molecule has 7 nitrogen and oxygen atoms in total. The van der Waals surface area contributed by atoms with Crippen LogP contribution in [0.25, 0.3) is 15.9 Å². The van der Waals surface area contributed by atoms with E-state index in [1.807, 2.05) is 20.8 Å². The molecule has 0 N–H and O–H groups in total. The zero-order valence-electron chi connectivity index (χ0n) is 15.8. The van der Waals surface area contributed by atoms with E-state index in [0.717, 1.165) is 28.1 Å². The minimum atomic E-state index is -0.219. The van der Waals surface area contributed by atoms with E-state index < -0.39 is 0 Å². The van der Waals surface area contributed by atoms with Gasteiger partial charge in [0.1, 0.15) is 10.7 Å². The Balaban J connectivity index is 1.94. The van der Waals surface area contributed by atoms with Crippen molar-refractivity contribution in [1.29, 1.82) is 0 Å². The summed E-state index contributed by atoms with van der Waals surface area (Å²) in [6.45, 7) is 11.9. The second-order valence-electron chi connectivity index (χ2n) is 7.22. The first kappa shape index (κ1) is 17.4. The number of rotatable bonds is 3. The van der Waals surface area contributed by atoms with Crippen LogP contribution < -0.4 is 0 Å². The highest BCUT2D eigenvalue weighted by Gasteiger charge is 2.31. The summed E-state index contributed by atoms with van der Waals surface area (Å²) in [6.07, 6.45) is 0.801. The van der Waals surface area contributed by atoms with Gasteiger partial charge in [-0.2, -0.15) is 4.52 Å². The van der Waals surface area contributed by atoms with Crippen molar-refractivity contribution in [2.24, 2.45) is 0 Å². The molecule has 0 aromatic carbocycles. The van der Waals surface area contributed by atoms with Crippen LogP contribution in [0.5, 0.6) is 0 Å². The Morgan fingerprint density at radius 2 is 2.04 bits per heavy atom. The summed E-state index contributed by atoms with van der Waals surface area (Å²) in [4.78, 5) is 25.9. The van der Waals surface area contributed by atoms with E-state index in [1.165, 1.54) is 10.4 Å². The molecular weight excluding hydrogens is 350 g/mol. The van der Waals surface area contributed by atoms with Gasteiger partial charge in [0.25, 0.3) is 5.91 Å². The maximum atomic E-state index is 12.7. The van der Waals surface area contributed by atoms with Crippen molar-refractivity contribution in [2.45, 2.75) is 53.2 Å². The first-order chi connectivity index (χ1) is 12.3. The summed E-state index contributed by atoms with van der Waals surface area (Å²) in [6, 6.07) is 0. The molecule has 138 valence electrons. The Bertz CT molecular complexity index is 1020. The highest BCUT2D eigenvalue weighted by Crippen LogP contribution is 2.39. The summed E-state index contributed by atoms with van der Waals surface area (Å²) >= 11 is 1.65. The molecule has 3 aromatic rings. The Morgan fingerprint density at radius 3 is 2.73 bits per heavy atom. The molecule has 3 aromatic heterocycles. The van der Waals surface area contributed by atoms with Gasteiger partial charge >= 0.3 is 0 Å². The van der Waals surface area contributed by atoms with Gasteiger partial charge in [-0.25, -0.2) is 9.97 Å². The fourth-order valence-corrected chi connectivity index (χ4v) is 4.63. The fraction of sp³-hybridized carbons (Fsp3) is 0.556. The molecule has 1 aliphatic heterocycles. The average molecular weight is 373 g/mol. The van der Waals surface area contributed by atoms with Gasteiger partial charge in [-0.05, 0) is 40.2 Å². The van der Waals surface area contributed by atoms with Crippen LogP contribution >= 0.6 is 11.3 Å². The van der Waals surface area contributed by atoms with Crippen molar-refractivity contribution in [3.8, 4) is 0 Å². The van der Waals surface area contributed by atoms with E-state index in [-0.39, 0.29) is 17.3 Å². The maximum absolute atomic E-state index is 12.7. The van der Waals surface area contributed by atoms with Crippen molar-refractivity contribution in [1.82, 2.24) is 24.5 Å². The van der Waals surface area contributed by atoms with Gasteiger partial charge in [0.2, 0.25) is 5.82 Å². The van der Waals surface area contributed by atoms with Crippen LogP contribution in [0, 0.1) is 6.92 Å². The zero-order chi connectivity index (χ0) is 18.6. The molecule has 0 saturated carbocycles. The number of nitrogens with zero attached hydrogens (tertiary/aromatic N) is 5. The number of carbonyl (C=O) groups excluding carboxylic acids is 1. The Hall–Kier alpha value is -2.06. The lowest BCUT2D eigenvalue weighted by Crippen LogP contribution is -2.31. The molecule has 0 aliphatic carbocycles. The first-order valence-corrected chi connectivity index (χ1v) is 9.77. The lowest BCUT2D eigenvalue weighted by Gasteiger charge is -2.30. The topological polar surface area (TPSA) is 72.6 Å².